The van der Waals surface area contributed by atoms with Crippen LogP contribution < -0.4 is 10.6 Å². The Kier molecular flexibility index (Phi) is 6.73. The van der Waals surface area contributed by atoms with Gasteiger partial charge in [0.2, 0.25) is 5.91 Å². The Morgan fingerprint density at radius 3 is 2.42 bits per heavy atom. The molecule has 2 N–H and O–H groups in total. The molecule has 36 heavy (non-hydrogen) atoms. The molecule has 0 bridgehead atoms. The summed E-state index contributed by atoms with van der Waals surface area (Å²) in [7, 11) is 0. The number of hydrogen-bond donors (Lipinski definition) is 2. The quantitative estimate of drug-likeness (QED) is 0.319. The van der Waals surface area contributed by atoms with Crippen molar-refractivity contribution >= 4 is 28.9 Å². The summed E-state index contributed by atoms with van der Waals surface area (Å²) in [6.07, 6.45) is 1.86. The molecule has 5 rings (SSSR count). The van der Waals surface area contributed by atoms with E-state index in [0.29, 0.717) is 28.9 Å². The molecule has 0 spiro atoms. The number of amides is 1. The van der Waals surface area contributed by atoms with E-state index >= 15 is 0 Å². The van der Waals surface area contributed by atoms with Crippen LogP contribution in [0.4, 0.5) is 14.5 Å². The monoisotopic (exact) mass is 504 g/mol. The molecule has 182 valence electrons. The van der Waals surface area contributed by atoms with Crippen LogP contribution in [0, 0.1) is 11.6 Å². The molecule has 2 atom stereocenters. The second kappa shape index (κ2) is 10.2. The van der Waals surface area contributed by atoms with Gasteiger partial charge >= 0.3 is 0 Å². The summed E-state index contributed by atoms with van der Waals surface area (Å²) in [5.41, 5.74) is 2.04. The van der Waals surface area contributed by atoms with Gasteiger partial charge in [-0.25, -0.2) is 8.78 Å². The zero-order valence-electron chi connectivity index (χ0n) is 19.0. The van der Waals surface area contributed by atoms with Crippen molar-refractivity contribution in [2.45, 2.75) is 18.5 Å². The molecule has 3 heterocycles. The standard InChI is InChI=1S/C27H22F2N4O2S/c28-18-6-4-17(5-7-18)22-12-13-23(35-22)26-25(21-3-1-2-15-30-21)32-27(36)33(26)16-14-24(34)31-20-10-8-19(29)9-11-20/h1-13,15,25-26H,14,16H2,(H,31,34)(H,32,36)/t25-,26-/m1/s1. The Hall–Kier alpha value is -4.11. The van der Waals surface area contributed by atoms with Crippen LogP contribution in [0.5, 0.6) is 0 Å². The second-order valence-electron chi connectivity index (χ2n) is 8.33. The van der Waals surface area contributed by atoms with E-state index in [1.165, 1.54) is 36.4 Å². The number of furan rings is 1. The maximum Gasteiger partial charge on any atom is 0.226 e. The molecule has 1 aliphatic rings. The molecule has 2 aromatic carbocycles. The molecule has 1 fully saturated rings. The summed E-state index contributed by atoms with van der Waals surface area (Å²) in [5.74, 6) is 0.309. The van der Waals surface area contributed by atoms with Gasteiger partial charge in [-0.15, -0.1) is 0 Å². The Morgan fingerprint density at radius 2 is 1.72 bits per heavy atom. The predicted octanol–water partition coefficient (Wildman–Crippen LogP) is 5.62. The zero-order valence-corrected chi connectivity index (χ0v) is 19.8. The highest BCUT2D eigenvalue weighted by Crippen LogP contribution is 2.40. The number of nitrogens with zero attached hydrogens (tertiary/aromatic N) is 2. The van der Waals surface area contributed by atoms with E-state index in [9.17, 15) is 13.6 Å². The highest BCUT2D eigenvalue weighted by atomic mass is 32.1. The maximum absolute atomic E-state index is 13.4. The number of halogens is 2. The van der Waals surface area contributed by atoms with Gasteiger partial charge in [-0.2, -0.15) is 0 Å². The lowest BCUT2D eigenvalue weighted by Gasteiger charge is -2.25. The predicted molar refractivity (Wildman–Crippen MR) is 136 cm³/mol. The van der Waals surface area contributed by atoms with E-state index in [-0.39, 0.29) is 36.0 Å². The first-order chi connectivity index (χ1) is 17.5. The van der Waals surface area contributed by atoms with Crippen LogP contribution in [-0.4, -0.2) is 27.4 Å². The minimum Gasteiger partial charge on any atom is -0.459 e. The first kappa shape index (κ1) is 23.6. The van der Waals surface area contributed by atoms with E-state index in [1.807, 2.05) is 35.2 Å². The lowest BCUT2D eigenvalue weighted by molar-refractivity contribution is -0.116. The van der Waals surface area contributed by atoms with E-state index in [4.69, 9.17) is 16.6 Å². The average molecular weight is 505 g/mol. The van der Waals surface area contributed by atoms with Crippen LogP contribution in [-0.2, 0) is 4.79 Å². The van der Waals surface area contributed by atoms with Crippen molar-refractivity contribution in [3.8, 4) is 11.3 Å². The van der Waals surface area contributed by atoms with E-state index in [1.54, 1.807) is 18.3 Å². The second-order valence-corrected chi connectivity index (χ2v) is 8.72. The van der Waals surface area contributed by atoms with Crippen molar-refractivity contribution < 1.29 is 18.0 Å². The maximum atomic E-state index is 13.4. The van der Waals surface area contributed by atoms with Crippen molar-refractivity contribution in [1.82, 2.24) is 15.2 Å². The summed E-state index contributed by atoms with van der Waals surface area (Å²) in [6.45, 7) is 0.319. The van der Waals surface area contributed by atoms with Gasteiger partial charge in [0.15, 0.2) is 5.11 Å². The van der Waals surface area contributed by atoms with Gasteiger partial charge in [0.05, 0.1) is 11.7 Å². The number of thiocarbonyl (C=S) groups is 1. The number of carbonyl (C=O) groups excluding carboxylic acids is 1. The number of pyridine rings is 1. The Balaban J connectivity index is 1.38. The molecule has 6 nitrogen and oxygen atoms in total. The average Bonchev–Trinajstić information content (AvgIpc) is 3.50. The molecule has 1 aliphatic heterocycles. The number of nitrogens with one attached hydrogen (secondary N) is 2. The lowest BCUT2D eigenvalue weighted by atomic mass is 10.0. The molecule has 2 aromatic heterocycles. The molecule has 4 aromatic rings. The molecule has 1 saturated heterocycles. The molecule has 9 heteroatoms. The third-order valence-electron chi connectivity index (χ3n) is 5.95. The largest absolute Gasteiger partial charge is 0.459 e. The highest BCUT2D eigenvalue weighted by molar-refractivity contribution is 7.80. The van der Waals surface area contributed by atoms with Crippen LogP contribution in [0.2, 0.25) is 0 Å². The number of carbonyl (C=O) groups is 1. The third-order valence-corrected chi connectivity index (χ3v) is 6.30. The Morgan fingerprint density at radius 1 is 1.00 bits per heavy atom. The topological polar surface area (TPSA) is 70.4 Å². The highest BCUT2D eigenvalue weighted by Gasteiger charge is 2.41. The van der Waals surface area contributed by atoms with Crippen molar-refractivity contribution in [2.75, 3.05) is 11.9 Å². The van der Waals surface area contributed by atoms with Gasteiger partial charge in [-0.05, 0) is 85.0 Å². The van der Waals surface area contributed by atoms with Crippen molar-refractivity contribution in [3.05, 3.63) is 108 Å². The smallest absolute Gasteiger partial charge is 0.226 e. The van der Waals surface area contributed by atoms with Gasteiger partial charge in [-0.1, -0.05) is 6.07 Å². The summed E-state index contributed by atoms with van der Waals surface area (Å²) in [5, 5.41) is 6.57. The van der Waals surface area contributed by atoms with E-state index in [2.05, 4.69) is 15.6 Å². The summed E-state index contributed by atoms with van der Waals surface area (Å²) < 4.78 is 32.7. The van der Waals surface area contributed by atoms with Crippen LogP contribution in [0.25, 0.3) is 11.3 Å². The third kappa shape index (κ3) is 5.11. The normalized spacial score (nSPS) is 17.2. The fourth-order valence-corrected chi connectivity index (χ4v) is 4.55. The van der Waals surface area contributed by atoms with Crippen molar-refractivity contribution in [1.29, 1.82) is 0 Å². The fraction of sp³-hybridized carbons (Fsp3) is 0.148. The van der Waals surface area contributed by atoms with Crippen molar-refractivity contribution in [3.63, 3.8) is 0 Å². The number of benzene rings is 2. The first-order valence-electron chi connectivity index (χ1n) is 11.4. The van der Waals surface area contributed by atoms with E-state index in [0.717, 1.165) is 11.3 Å². The Labute approximate surface area is 212 Å². The van der Waals surface area contributed by atoms with Gasteiger partial charge in [-0.3, -0.25) is 9.78 Å². The number of anilines is 1. The molecular weight excluding hydrogens is 482 g/mol. The first-order valence-corrected chi connectivity index (χ1v) is 11.8. The summed E-state index contributed by atoms with van der Waals surface area (Å²) in [4.78, 5) is 19.0. The molecule has 0 aliphatic carbocycles. The van der Waals surface area contributed by atoms with Crippen LogP contribution >= 0.6 is 12.2 Å². The number of aromatic nitrogens is 1. The van der Waals surface area contributed by atoms with Gasteiger partial charge in [0.1, 0.15) is 29.2 Å². The zero-order chi connectivity index (χ0) is 25.1. The minimum absolute atomic E-state index is 0.149. The summed E-state index contributed by atoms with van der Waals surface area (Å²) in [6, 6.07) is 20.3. The number of hydrogen-bond acceptors (Lipinski definition) is 4. The molecule has 0 unspecified atom stereocenters. The van der Waals surface area contributed by atoms with E-state index < -0.39 is 0 Å². The lowest BCUT2D eigenvalue weighted by Crippen LogP contribution is -2.32. The summed E-state index contributed by atoms with van der Waals surface area (Å²) >= 11 is 5.64. The Bertz CT molecular complexity index is 1360. The van der Waals surface area contributed by atoms with Gasteiger partial charge < -0.3 is 20.0 Å². The van der Waals surface area contributed by atoms with Gasteiger partial charge in [0, 0.05) is 30.4 Å². The SMILES string of the molecule is O=C(CCN1C(=S)N[C@H](c2ccccn2)[C@H]1c1ccc(-c2ccc(F)cc2)o1)Nc1ccc(F)cc1. The molecule has 0 radical (unpaired) electrons. The fourth-order valence-electron chi connectivity index (χ4n) is 4.22. The van der Waals surface area contributed by atoms with Crippen LogP contribution in [0.15, 0.2) is 89.5 Å². The van der Waals surface area contributed by atoms with Crippen LogP contribution in [0.3, 0.4) is 0 Å². The number of rotatable bonds is 7. The minimum atomic E-state index is -0.372. The van der Waals surface area contributed by atoms with Gasteiger partial charge in [0.25, 0.3) is 0 Å². The molecular formula is C27H22F2N4O2S. The molecule has 1 amide bonds. The van der Waals surface area contributed by atoms with Crippen molar-refractivity contribution in [2.24, 2.45) is 0 Å². The molecule has 0 saturated carbocycles. The van der Waals surface area contributed by atoms with Crippen LogP contribution in [0.1, 0.15) is 30.0 Å².